The summed E-state index contributed by atoms with van der Waals surface area (Å²) in [6.45, 7) is 2.03. The van der Waals surface area contributed by atoms with Crippen molar-refractivity contribution in [1.29, 1.82) is 0 Å². The minimum atomic E-state index is -3.94. The van der Waals surface area contributed by atoms with Gasteiger partial charge >= 0.3 is 5.97 Å². The molecule has 8 heteroatoms. The Morgan fingerprint density at radius 1 is 1.41 bits per heavy atom. The first-order valence-corrected chi connectivity index (χ1v) is 9.11. The van der Waals surface area contributed by atoms with E-state index in [0.717, 1.165) is 9.87 Å². The van der Waals surface area contributed by atoms with Crippen LogP contribution in [0.15, 0.2) is 21.5 Å². The smallest absolute Gasteiger partial charge is 0.322 e. The molecule has 1 aromatic rings. The van der Waals surface area contributed by atoms with Crippen molar-refractivity contribution in [3.8, 4) is 5.75 Å². The SMILES string of the molecule is COc1cc(C)c(Br)cc1S(=O)(=O)N1CCCCC1C(=O)O. The van der Waals surface area contributed by atoms with Crippen molar-refractivity contribution in [2.45, 2.75) is 37.1 Å². The molecule has 1 unspecified atom stereocenters. The van der Waals surface area contributed by atoms with E-state index in [0.29, 0.717) is 23.7 Å². The van der Waals surface area contributed by atoms with Crippen LogP contribution in [-0.2, 0) is 14.8 Å². The highest BCUT2D eigenvalue weighted by molar-refractivity contribution is 9.10. The fourth-order valence-electron chi connectivity index (χ4n) is 2.56. The molecular formula is C14H18BrNO5S. The zero-order chi connectivity index (χ0) is 16.5. The van der Waals surface area contributed by atoms with E-state index < -0.39 is 22.0 Å². The molecule has 0 bridgehead atoms. The van der Waals surface area contributed by atoms with E-state index >= 15 is 0 Å². The number of carbonyl (C=O) groups is 1. The van der Waals surface area contributed by atoms with Gasteiger partial charge in [0.05, 0.1) is 7.11 Å². The molecule has 2 rings (SSSR count). The Morgan fingerprint density at radius 2 is 2.09 bits per heavy atom. The van der Waals surface area contributed by atoms with Gasteiger partial charge in [0.2, 0.25) is 10.0 Å². The Hall–Kier alpha value is -1.12. The average molecular weight is 392 g/mol. The molecule has 0 radical (unpaired) electrons. The first-order valence-electron chi connectivity index (χ1n) is 6.88. The van der Waals surface area contributed by atoms with Gasteiger partial charge in [0.1, 0.15) is 16.7 Å². The Balaban J connectivity index is 2.54. The van der Waals surface area contributed by atoms with Gasteiger partial charge < -0.3 is 9.84 Å². The molecule has 1 heterocycles. The molecule has 0 aliphatic carbocycles. The summed E-state index contributed by atoms with van der Waals surface area (Å²) in [6, 6.07) is 2.07. The number of piperidine rings is 1. The highest BCUT2D eigenvalue weighted by Gasteiger charge is 2.39. The number of hydrogen-bond donors (Lipinski definition) is 1. The Bertz CT molecular complexity index is 689. The number of aliphatic carboxylic acids is 1. The first kappa shape index (κ1) is 17.2. The van der Waals surface area contributed by atoms with E-state index in [-0.39, 0.29) is 17.2 Å². The standard InChI is InChI=1S/C14H18BrNO5S/c1-9-7-12(21-2)13(8-10(9)15)22(19,20)16-6-4-3-5-11(16)14(17)18/h7-8,11H,3-6H2,1-2H3,(H,17,18). The zero-order valence-electron chi connectivity index (χ0n) is 12.4. The second kappa shape index (κ2) is 6.55. The van der Waals surface area contributed by atoms with Crippen LogP contribution in [0.2, 0.25) is 0 Å². The van der Waals surface area contributed by atoms with E-state index in [2.05, 4.69) is 15.9 Å². The van der Waals surface area contributed by atoms with Crippen molar-refractivity contribution in [1.82, 2.24) is 4.31 Å². The molecule has 1 saturated heterocycles. The first-order chi connectivity index (χ1) is 10.3. The van der Waals surface area contributed by atoms with Gasteiger partial charge in [-0.2, -0.15) is 4.31 Å². The summed E-state index contributed by atoms with van der Waals surface area (Å²) in [4.78, 5) is 11.4. The summed E-state index contributed by atoms with van der Waals surface area (Å²) in [5.74, 6) is -0.899. The maximum absolute atomic E-state index is 12.9. The summed E-state index contributed by atoms with van der Waals surface area (Å²) in [5.41, 5.74) is 0.837. The lowest BCUT2D eigenvalue weighted by molar-refractivity contribution is -0.142. The number of nitrogens with zero attached hydrogens (tertiary/aromatic N) is 1. The summed E-state index contributed by atoms with van der Waals surface area (Å²) >= 11 is 3.32. The monoisotopic (exact) mass is 391 g/mol. The van der Waals surface area contributed by atoms with E-state index in [1.165, 1.54) is 13.2 Å². The predicted octanol–water partition coefficient (Wildman–Crippen LogP) is 2.39. The Kier molecular flexibility index (Phi) is 5.14. The number of aryl methyl sites for hydroxylation is 1. The number of carboxylic acids is 1. The molecule has 22 heavy (non-hydrogen) atoms. The maximum Gasteiger partial charge on any atom is 0.322 e. The summed E-state index contributed by atoms with van der Waals surface area (Å²) in [5, 5.41) is 9.30. The fourth-order valence-corrected chi connectivity index (χ4v) is 4.87. The molecule has 1 aliphatic heterocycles. The normalized spacial score (nSPS) is 19.9. The lowest BCUT2D eigenvalue weighted by Gasteiger charge is -2.32. The molecule has 1 aromatic carbocycles. The van der Waals surface area contributed by atoms with Crippen LogP contribution in [0, 0.1) is 6.92 Å². The van der Waals surface area contributed by atoms with Crippen LogP contribution in [0.3, 0.4) is 0 Å². The minimum absolute atomic E-state index is 0.0133. The van der Waals surface area contributed by atoms with Crippen molar-refractivity contribution in [3.63, 3.8) is 0 Å². The molecule has 0 saturated carbocycles. The zero-order valence-corrected chi connectivity index (χ0v) is 14.8. The van der Waals surface area contributed by atoms with E-state index in [9.17, 15) is 18.3 Å². The van der Waals surface area contributed by atoms with Crippen LogP contribution < -0.4 is 4.74 Å². The fraction of sp³-hybridized carbons (Fsp3) is 0.500. The third-order valence-corrected chi connectivity index (χ3v) is 6.55. The second-order valence-electron chi connectivity index (χ2n) is 5.22. The van der Waals surface area contributed by atoms with Gasteiger partial charge in [-0.05, 0) is 43.9 Å². The molecule has 1 fully saturated rings. The number of carboxylic acid groups (broad SMARTS) is 1. The van der Waals surface area contributed by atoms with Gasteiger partial charge in [-0.3, -0.25) is 4.79 Å². The molecule has 0 amide bonds. The number of methoxy groups -OCH3 is 1. The van der Waals surface area contributed by atoms with Crippen molar-refractivity contribution in [2.24, 2.45) is 0 Å². The van der Waals surface area contributed by atoms with Crippen molar-refractivity contribution in [2.75, 3.05) is 13.7 Å². The third kappa shape index (κ3) is 3.13. The van der Waals surface area contributed by atoms with Crippen molar-refractivity contribution >= 4 is 31.9 Å². The van der Waals surface area contributed by atoms with Crippen LogP contribution in [0.4, 0.5) is 0 Å². The number of rotatable bonds is 4. The lowest BCUT2D eigenvalue weighted by Crippen LogP contribution is -2.47. The number of halogens is 1. The molecular weight excluding hydrogens is 374 g/mol. The number of hydrogen-bond acceptors (Lipinski definition) is 4. The lowest BCUT2D eigenvalue weighted by atomic mass is 10.1. The number of sulfonamides is 1. The number of benzene rings is 1. The highest BCUT2D eigenvalue weighted by Crippen LogP contribution is 2.34. The molecule has 6 nitrogen and oxygen atoms in total. The molecule has 122 valence electrons. The van der Waals surface area contributed by atoms with Crippen LogP contribution >= 0.6 is 15.9 Å². The van der Waals surface area contributed by atoms with Crippen LogP contribution in [-0.4, -0.2) is 43.5 Å². The van der Waals surface area contributed by atoms with Gasteiger partial charge in [0.15, 0.2) is 0 Å². The van der Waals surface area contributed by atoms with E-state index in [1.54, 1.807) is 6.07 Å². The summed E-state index contributed by atoms with van der Waals surface area (Å²) < 4.78 is 32.7. The van der Waals surface area contributed by atoms with Gasteiger partial charge in [-0.25, -0.2) is 8.42 Å². The third-order valence-electron chi connectivity index (χ3n) is 3.77. The van der Waals surface area contributed by atoms with Crippen LogP contribution in [0.1, 0.15) is 24.8 Å². The van der Waals surface area contributed by atoms with Gasteiger partial charge in [0, 0.05) is 11.0 Å². The van der Waals surface area contributed by atoms with Crippen LogP contribution in [0.5, 0.6) is 5.75 Å². The van der Waals surface area contributed by atoms with Gasteiger partial charge in [-0.15, -0.1) is 0 Å². The summed E-state index contributed by atoms with van der Waals surface area (Å²) in [7, 11) is -2.55. The number of ether oxygens (including phenoxy) is 1. The average Bonchev–Trinajstić information content (AvgIpc) is 2.49. The molecule has 1 aliphatic rings. The molecule has 0 spiro atoms. The van der Waals surface area contributed by atoms with Gasteiger partial charge in [0.25, 0.3) is 0 Å². The highest BCUT2D eigenvalue weighted by atomic mass is 79.9. The summed E-state index contributed by atoms with van der Waals surface area (Å²) in [6.07, 6.45) is 1.68. The molecule has 1 atom stereocenters. The molecule has 1 N–H and O–H groups in total. The largest absolute Gasteiger partial charge is 0.495 e. The Labute approximate surface area is 138 Å². The topological polar surface area (TPSA) is 83.9 Å². The van der Waals surface area contributed by atoms with Gasteiger partial charge in [-0.1, -0.05) is 15.9 Å². The Morgan fingerprint density at radius 3 is 2.68 bits per heavy atom. The van der Waals surface area contributed by atoms with E-state index in [4.69, 9.17) is 4.74 Å². The second-order valence-corrected chi connectivity index (χ2v) is 7.93. The predicted molar refractivity (Wildman–Crippen MR) is 84.6 cm³/mol. The van der Waals surface area contributed by atoms with Crippen LogP contribution in [0.25, 0.3) is 0 Å². The maximum atomic E-state index is 12.9. The van der Waals surface area contributed by atoms with Crippen molar-refractivity contribution < 1.29 is 23.1 Å². The molecule has 0 aromatic heterocycles. The quantitative estimate of drug-likeness (QED) is 0.851. The minimum Gasteiger partial charge on any atom is -0.495 e. The van der Waals surface area contributed by atoms with E-state index in [1.807, 2.05) is 6.92 Å². The van der Waals surface area contributed by atoms with Crippen molar-refractivity contribution in [3.05, 3.63) is 22.2 Å².